The molecule has 1 atom stereocenters. The predicted molar refractivity (Wildman–Crippen MR) is 82.7 cm³/mol. The molecule has 0 saturated carbocycles. The van der Waals surface area contributed by atoms with Crippen molar-refractivity contribution in [1.82, 2.24) is 14.6 Å². The van der Waals surface area contributed by atoms with Gasteiger partial charge in [0.1, 0.15) is 11.9 Å². The monoisotopic (exact) mass is 307 g/mol. The smallest absolute Gasteiger partial charge is 0.137 e. The third-order valence-electron chi connectivity index (χ3n) is 3.00. The second kappa shape index (κ2) is 6.49. The van der Waals surface area contributed by atoms with Crippen LogP contribution in [0.5, 0.6) is 5.75 Å². The molecule has 0 fully saturated rings. The Morgan fingerprint density at radius 3 is 2.76 bits per heavy atom. The van der Waals surface area contributed by atoms with E-state index in [1.807, 2.05) is 13.0 Å². The largest absolute Gasteiger partial charge is 0.492 e. The lowest BCUT2D eigenvalue weighted by atomic mass is 9.89. The summed E-state index contributed by atoms with van der Waals surface area (Å²) < 4.78 is 9.55. The van der Waals surface area contributed by atoms with Gasteiger partial charge in [0.25, 0.3) is 0 Å². The van der Waals surface area contributed by atoms with Gasteiger partial charge in [-0.2, -0.15) is 0 Å². The SMILES string of the molecule is CCCOc1cncc(C(O)c2snnc2C(C)(C)C)c1. The number of aliphatic hydroxyl groups is 1. The zero-order valence-corrected chi connectivity index (χ0v) is 13.6. The Balaban J connectivity index is 2.28. The van der Waals surface area contributed by atoms with E-state index in [0.717, 1.165) is 17.0 Å². The fraction of sp³-hybridized carbons (Fsp3) is 0.533. The van der Waals surface area contributed by atoms with E-state index in [-0.39, 0.29) is 5.41 Å². The lowest BCUT2D eigenvalue weighted by Gasteiger charge is -2.19. The third-order valence-corrected chi connectivity index (χ3v) is 3.77. The highest BCUT2D eigenvalue weighted by Crippen LogP contribution is 2.34. The van der Waals surface area contributed by atoms with E-state index in [2.05, 4.69) is 35.3 Å². The van der Waals surface area contributed by atoms with Gasteiger partial charge in [-0.3, -0.25) is 4.98 Å². The minimum atomic E-state index is -0.781. The Morgan fingerprint density at radius 1 is 1.33 bits per heavy atom. The van der Waals surface area contributed by atoms with Crippen LogP contribution in [-0.4, -0.2) is 26.3 Å². The Kier molecular flexibility index (Phi) is 4.90. The highest BCUT2D eigenvalue weighted by atomic mass is 32.1. The first-order valence-electron chi connectivity index (χ1n) is 7.02. The van der Waals surface area contributed by atoms with Crippen LogP contribution in [0.3, 0.4) is 0 Å². The molecule has 2 rings (SSSR count). The van der Waals surface area contributed by atoms with Gasteiger partial charge in [0.05, 0.1) is 23.4 Å². The lowest BCUT2D eigenvalue weighted by Crippen LogP contribution is -2.16. The summed E-state index contributed by atoms with van der Waals surface area (Å²) in [5.41, 5.74) is 1.35. The van der Waals surface area contributed by atoms with Crippen molar-refractivity contribution in [2.45, 2.75) is 45.6 Å². The molecule has 0 aromatic carbocycles. The molecule has 0 radical (unpaired) electrons. The highest BCUT2D eigenvalue weighted by molar-refractivity contribution is 7.05. The van der Waals surface area contributed by atoms with E-state index in [4.69, 9.17) is 4.74 Å². The quantitative estimate of drug-likeness (QED) is 0.919. The molecule has 0 aliphatic rings. The molecule has 2 heterocycles. The molecular weight excluding hydrogens is 286 g/mol. The molecule has 2 aromatic heterocycles. The van der Waals surface area contributed by atoms with Crippen LogP contribution >= 0.6 is 11.5 Å². The summed E-state index contributed by atoms with van der Waals surface area (Å²) >= 11 is 1.22. The van der Waals surface area contributed by atoms with Crippen molar-refractivity contribution in [1.29, 1.82) is 0 Å². The number of hydrogen-bond acceptors (Lipinski definition) is 6. The van der Waals surface area contributed by atoms with Gasteiger partial charge in [-0.1, -0.05) is 32.2 Å². The molecular formula is C15H21N3O2S. The van der Waals surface area contributed by atoms with Crippen molar-refractivity contribution in [2.24, 2.45) is 0 Å². The van der Waals surface area contributed by atoms with Crippen molar-refractivity contribution in [3.63, 3.8) is 0 Å². The number of hydrogen-bond donors (Lipinski definition) is 1. The van der Waals surface area contributed by atoms with Crippen LogP contribution in [0.2, 0.25) is 0 Å². The third kappa shape index (κ3) is 3.77. The maximum atomic E-state index is 10.6. The number of nitrogens with zero attached hydrogens (tertiary/aromatic N) is 3. The van der Waals surface area contributed by atoms with Crippen LogP contribution in [0.4, 0.5) is 0 Å². The number of ether oxygens (including phenoxy) is 1. The van der Waals surface area contributed by atoms with E-state index in [0.29, 0.717) is 17.9 Å². The van der Waals surface area contributed by atoms with Crippen molar-refractivity contribution in [3.8, 4) is 5.75 Å². The van der Waals surface area contributed by atoms with E-state index in [1.54, 1.807) is 12.4 Å². The van der Waals surface area contributed by atoms with Gasteiger partial charge >= 0.3 is 0 Å². The minimum Gasteiger partial charge on any atom is -0.492 e. The Bertz CT molecular complexity index is 593. The van der Waals surface area contributed by atoms with E-state index in [9.17, 15) is 5.11 Å². The van der Waals surface area contributed by atoms with Gasteiger partial charge in [-0.05, 0) is 24.0 Å². The first-order valence-corrected chi connectivity index (χ1v) is 7.79. The summed E-state index contributed by atoms with van der Waals surface area (Å²) in [7, 11) is 0. The first-order chi connectivity index (χ1) is 9.93. The lowest BCUT2D eigenvalue weighted by molar-refractivity contribution is 0.219. The van der Waals surface area contributed by atoms with E-state index < -0.39 is 6.10 Å². The van der Waals surface area contributed by atoms with E-state index >= 15 is 0 Å². The molecule has 1 N–H and O–H groups in total. The molecule has 6 heteroatoms. The molecule has 0 saturated heterocycles. The molecule has 21 heavy (non-hydrogen) atoms. The molecule has 0 aliphatic heterocycles. The molecule has 0 aliphatic carbocycles. The van der Waals surface area contributed by atoms with Gasteiger partial charge < -0.3 is 9.84 Å². The summed E-state index contributed by atoms with van der Waals surface area (Å²) in [5.74, 6) is 0.670. The van der Waals surface area contributed by atoms with Crippen LogP contribution in [0.1, 0.15) is 56.4 Å². The average molecular weight is 307 g/mol. The molecule has 0 spiro atoms. The molecule has 114 valence electrons. The first kappa shape index (κ1) is 15.9. The Hall–Kier alpha value is -1.53. The fourth-order valence-electron chi connectivity index (χ4n) is 1.93. The van der Waals surface area contributed by atoms with E-state index in [1.165, 1.54) is 11.5 Å². The maximum Gasteiger partial charge on any atom is 0.137 e. The molecule has 5 nitrogen and oxygen atoms in total. The summed E-state index contributed by atoms with van der Waals surface area (Å²) in [5, 5.41) is 14.8. The van der Waals surface area contributed by atoms with Crippen LogP contribution in [-0.2, 0) is 5.41 Å². The molecule has 1 unspecified atom stereocenters. The minimum absolute atomic E-state index is 0.160. The normalized spacial score (nSPS) is 13.2. The van der Waals surface area contributed by atoms with Gasteiger partial charge in [0.15, 0.2) is 0 Å². The number of pyridine rings is 1. The van der Waals surface area contributed by atoms with Crippen molar-refractivity contribution in [2.75, 3.05) is 6.61 Å². The van der Waals surface area contributed by atoms with Crippen LogP contribution in [0, 0.1) is 0 Å². The zero-order chi connectivity index (χ0) is 15.5. The van der Waals surface area contributed by atoms with Crippen LogP contribution < -0.4 is 4.74 Å². The summed E-state index contributed by atoms with van der Waals surface area (Å²) in [4.78, 5) is 4.90. The number of aliphatic hydroxyl groups excluding tert-OH is 1. The Labute approximate surface area is 129 Å². The molecule has 0 amide bonds. The number of rotatable bonds is 5. The van der Waals surface area contributed by atoms with Gasteiger partial charge in [0.2, 0.25) is 0 Å². The molecule has 0 bridgehead atoms. The maximum absolute atomic E-state index is 10.6. The zero-order valence-electron chi connectivity index (χ0n) is 12.8. The average Bonchev–Trinajstić information content (AvgIpc) is 2.94. The van der Waals surface area contributed by atoms with Crippen molar-refractivity contribution < 1.29 is 9.84 Å². The van der Waals surface area contributed by atoms with Gasteiger partial charge in [-0.25, -0.2) is 0 Å². The number of aromatic nitrogens is 3. The highest BCUT2D eigenvalue weighted by Gasteiger charge is 2.27. The van der Waals surface area contributed by atoms with Crippen molar-refractivity contribution >= 4 is 11.5 Å². The summed E-state index contributed by atoms with van der Waals surface area (Å²) in [6, 6.07) is 1.82. The fourth-order valence-corrected chi connectivity index (χ4v) is 2.81. The second-order valence-corrected chi connectivity index (χ2v) is 6.73. The topological polar surface area (TPSA) is 68.1 Å². The van der Waals surface area contributed by atoms with Crippen LogP contribution in [0.15, 0.2) is 18.5 Å². The van der Waals surface area contributed by atoms with Gasteiger partial charge in [-0.15, -0.1) is 5.10 Å². The second-order valence-electron chi connectivity index (χ2n) is 5.94. The van der Waals surface area contributed by atoms with Crippen LogP contribution in [0.25, 0.3) is 0 Å². The summed E-state index contributed by atoms with van der Waals surface area (Å²) in [6.07, 6.45) is 3.45. The Morgan fingerprint density at radius 2 is 2.10 bits per heavy atom. The summed E-state index contributed by atoms with van der Waals surface area (Å²) in [6.45, 7) is 8.85. The molecule has 2 aromatic rings. The van der Waals surface area contributed by atoms with Gasteiger partial charge in [0, 0.05) is 17.2 Å². The predicted octanol–water partition coefficient (Wildman–Crippen LogP) is 3.10. The standard InChI is InChI=1S/C15H21N3O2S/c1-5-6-20-11-7-10(8-16-9-11)12(19)13-14(15(2,3)4)17-18-21-13/h7-9,12,19H,5-6H2,1-4H3. The van der Waals surface area contributed by atoms with Crippen molar-refractivity contribution in [3.05, 3.63) is 34.6 Å².